The van der Waals surface area contributed by atoms with Gasteiger partial charge in [-0.25, -0.2) is 4.39 Å². The maximum Gasteiger partial charge on any atom is 0.165 e. The molecule has 0 amide bonds. The van der Waals surface area contributed by atoms with Crippen molar-refractivity contribution in [3.05, 3.63) is 59.9 Å². The summed E-state index contributed by atoms with van der Waals surface area (Å²) in [7, 11) is 0. The van der Waals surface area contributed by atoms with Crippen LogP contribution in [0.5, 0.6) is 5.75 Å². The number of aryl methyl sites for hydroxylation is 1. The molecule has 0 atom stereocenters. The Morgan fingerprint density at radius 2 is 1.48 bits per heavy atom. The van der Waals surface area contributed by atoms with Gasteiger partial charge in [-0.1, -0.05) is 30.3 Å². The zero-order valence-electron chi connectivity index (χ0n) is 18.3. The van der Waals surface area contributed by atoms with E-state index in [0.717, 1.165) is 25.9 Å². The van der Waals surface area contributed by atoms with Crippen molar-refractivity contribution in [3.63, 3.8) is 0 Å². The van der Waals surface area contributed by atoms with Crippen LogP contribution >= 0.6 is 0 Å². The Morgan fingerprint density at radius 1 is 0.871 bits per heavy atom. The predicted molar refractivity (Wildman–Crippen MR) is 120 cm³/mol. The molecule has 2 N–H and O–H groups in total. The van der Waals surface area contributed by atoms with E-state index in [1.165, 1.54) is 17.3 Å². The molecule has 5 nitrogen and oxygen atoms in total. The molecule has 0 radical (unpaired) electrons. The van der Waals surface area contributed by atoms with Gasteiger partial charge in [-0.3, -0.25) is 0 Å². The largest absolute Gasteiger partial charge is 0.488 e. The van der Waals surface area contributed by atoms with E-state index in [1.807, 2.05) is 0 Å². The number of likely N-dealkylation sites (tertiary alicyclic amines) is 1. The van der Waals surface area contributed by atoms with Crippen LogP contribution in [0.3, 0.4) is 0 Å². The molecule has 31 heavy (non-hydrogen) atoms. The lowest BCUT2D eigenvalue weighted by Crippen LogP contribution is -2.55. The standard InChI is InChI=1S/C25H33FN2O3/c1-20-6-2-4-8-22(20)28-16-12-24(29,13-17-28)18-27-14-10-25(30,11-15-27)19-31-23-9-5-3-7-21(23)26/h2-9,29-30H,10-19H2,1H3. The molecule has 0 unspecified atom stereocenters. The third-order valence-electron chi connectivity index (χ3n) is 6.79. The maximum atomic E-state index is 13.7. The zero-order chi connectivity index (χ0) is 21.9. The lowest BCUT2D eigenvalue weighted by molar-refractivity contribution is -0.0751. The summed E-state index contributed by atoms with van der Waals surface area (Å²) in [6, 6.07) is 14.7. The molecule has 6 heteroatoms. The normalized spacial score (nSPS) is 21.1. The highest BCUT2D eigenvalue weighted by atomic mass is 19.1. The molecule has 0 aliphatic carbocycles. The molecule has 2 fully saturated rings. The fourth-order valence-electron chi connectivity index (χ4n) is 4.70. The van der Waals surface area contributed by atoms with Gasteiger partial charge in [-0.2, -0.15) is 0 Å². The maximum absolute atomic E-state index is 13.7. The molecule has 168 valence electrons. The monoisotopic (exact) mass is 428 g/mol. The van der Waals surface area contributed by atoms with Crippen LogP contribution < -0.4 is 9.64 Å². The Balaban J connectivity index is 1.25. The second-order valence-corrected chi connectivity index (χ2v) is 9.22. The Labute approximate surface area is 184 Å². The van der Waals surface area contributed by atoms with Crippen LogP contribution in [0.15, 0.2) is 48.5 Å². The average Bonchev–Trinajstić information content (AvgIpc) is 2.76. The first-order valence-corrected chi connectivity index (χ1v) is 11.2. The molecule has 2 aliphatic heterocycles. The lowest BCUT2D eigenvalue weighted by Gasteiger charge is -2.44. The number of aliphatic hydroxyl groups is 2. The molecule has 2 aromatic carbocycles. The number of halogens is 1. The molecule has 0 saturated carbocycles. The highest BCUT2D eigenvalue weighted by Crippen LogP contribution is 2.31. The van der Waals surface area contributed by atoms with Crippen LogP contribution in [0.1, 0.15) is 31.2 Å². The molecule has 0 bridgehead atoms. The topological polar surface area (TPSA) is 56.2 Å². The summed E-state index contributed by atoms with van der Waals surface area (Å²) < 4.78 is 19.3. The van der Waals surface area contributed by atoms with Crippen molar-refractivity contribution in [3.8, 4) is 5.75 Å². The second-order valence-electron chi connectivity index (χ2n) is 9.22. The number of hydrogen-bond acceptors (Lipinski definition) is 5. The van der Waals surface area contributed by atoms with Crippen molar-refractivity contribution in [1.29, 1.82) is 0 Å². The van der Waals surface area contributed by atoms with Gasteiger partial charge < -0.3 is 24.7 Å². The highest BCUT2D eigenvalue weighted by molar-refractivity contribution is 5.53. The third-order valence-corrected chi connectivity index (χ3v) is 6.79. The van der Waals surface area contributed by atoms with Gasteiger partial charge in [0.15, 0.2) is 11.6 Å². The van der Waals surface area contributed by atoms with E-state index in [4.69, 9.17) is 4.74 Å². The van der Waals surface area contributed by atoms with E-state index in [9.17, 15) is 14.6 Å². The van der Waals surface area contributed by atoms with Gasteiger partial charge in [-0.15, -0.1) is 0 Å². The van der Waals surface area contributed by atoms with Crippen molar-refractivity contribution >= 4 is 5.69 Å². The molecular weight excluding hydrogens is 395 g/mol. The summed E-state index contributed by atoms with van der Waals surface area (Å²) in [6.45, 7) is 5.91. The Morgan fingerprint density at radius 3 is 2.16 bits per heavy atom. The highest BCUT2D eigenvalue weighted by Gasteiger charge is 2.38. The molecule has 2 aliphatic rings. The number of β-amino-alcohol motifs (C(OH)–C–C–N with tert-alkyl or cyclic N) is 1. The Kier molecular flexibility index (Phi) is 6.51. The summed E-state index contributed by atoms with van der Waals surface area (Å²) in [5.41, 5.74) is 0.858. The summed E-state index contributed by atoms with van der Waals surface area (Å²) in [4.78, 5) is 4.60. The van der Waals surface area contributed by atoms with E-state index in [2.05, 4.69) is 41.0 Å². The van der Waals surface area contributed by atoms with Crippen LogP contribution in [0.2, 0.25) is 0 Å². The Hall–Kier alpha value is -2.15. The minimum atomic E-state index is -0.963. The molecule has 4 rings (SSSR count). The van der Waals surface area contributed by atoms with Crippen molar-refractivity contribution in [1.82, 2.24) is 4.90 Å². The predicted octanol–water partition coefficient (Wildman–Crippen LogP) is 3.37. The molecular formula is C25H33FN2O3. The van der Waals surface area contributed by atoms with Crippen LogP contribution in [0.25, 0.3) is 0 Å². The van der Waals surface area contributed by atoms with Gasteiger partial charge in [0.05, 0.1) is 5.60 Å². The number of ether oxygens (including phenoxy) is 1. The number of nitrogens with zero attached hydrogens (tertiary/aromatic N) is 2. The number of anilines is 1. The quantitative estimate of drug-likeness (QED) is 0.739. The van der Waals surface area contributed by atoms with Crippen molar-refractivity contribution in [2.24, 2.45) is 0 Å². The minimum Gasteiger partial charge on any atom is -0.488 e. The van der Waals surface area contributed by atoms with E-state index < -0.39 is 17.0 Å². The molecule has 0 spiro atoms. The fourth-order valence-corrected chi connectivity index (χ4v) is 4.70. The number of rotatable bonds is 6. The SMILES string of the molecule is Cc1ccccc1N1CCC(O)(CN2CCC(O)(COc3ccccc3F)CC2)CC1. The third kappa shape index (κ3) is 5.37. The summed E-state index contributed by atoms with van der Waals surface area (Å²) in [6.07, 6.45) is 2.57. The van der Waals surface area contributed by atoms with E-state index in [1.54, 1.807) is 18.2 Å². The summed E-state index contributed by atoms with van der Waals surface area (Å²) >= 11 is 0. The van der Waals surface area contributed by atoms with Crippen LogP contribution in [0, 0.1) is 12.7 Å². The van der Waals surface area contributed by atoms with Crippen molar-refractivity contribution in [2.75, 3.05) is 44.2 Å². The van der Waals surface area contributed by atoms with Gasteiger partial charge >= 0.3 is 0 Å². The van der Waals surface area contributed by atoms with Crippen molar-refractivity contribution < 1.29 is 19.3 Å². The number of para-hydroxylation sites is 2. The van der Waals surface area contributed by atoms with Crippen LogP contribution in [-0.2, 0) is 0 Å². The average molecular weight is 429 g/mol. The van der Waals surface area contributed by atoms with E-state index in [0.29, 0.717) is 32.5 Å². The van der Waals surface area contributed by atoms with Crippen LogP contribution in [-0.4, -0.2) is 65.6 Å². The fraction of sp³-hybridized carbons (Fsp3) is 0.520. The molecule has 0 aromatic heterocycles. The number of hydrogen-bond donors (Lipinski definition) is 2. The first-order valence-electron chi connectivity index (χ1n) is 11.2. The minimum absolute atomic E-state index is 0.0808. The first-order chi connectivity index (χ1) is 14.9. The molecule has 2 saturated heterocycles. The second kappa shape index (κ2) is 9.15. The smallest absolute Gasteiger partial charge is 0.165 e. The summed E-state index contributed by atoms with van der Waals surface area (Å²) in [5.74, 6) is -0.240. The van der Waals surface area contributed by atoms with Gasteiger partial charge in [0.2, 0.25) is 0 Å². The van der Waals surface area contributed by atoms with Gasteiger partial charge in [0.25, 0.3) is 0 Å². The number of piperidine rings is 2. The summed E-state index contributed by atoms with van der Waals surface area (Å²) in [5, 5.41) is 22.0. The Bertz CT molecular complexity index is 875. The van der Waals surface area contributed by atoms with Crippen LogP contribution in [0.4, 0.5) is 10.1 Å². The van der Waals surface area contributed by atoms with Gasteiger partial charge in [0, 0.05) is 38.4 Å². The van der Waals surface area contributed by atoms with Gasteiger partial charge in [0.1, 0.15) is 12.2 Å². The number of benzene rings is 2. The molecule has 2 aromatic rings. The van der Waals surface area contributed by atoms with Gasteiger partial charge in [-0.05, 0) is 56.4 Å². The lowest BCUT2D eigenvalue weighted by atomic mass is 9.87. The first kappa shape index (κ1) is 22.1. The van der Waals surface area contributed by atoms with E-state index >= 15 is 0 Å². The van der Waals surface area contributed by atoms with E-state index in [-0.39, 0.29) is 12.4 Å². The molecule has 2 heterocycles. The van der Waals surface area contributed by atoms with Crippen molar-refractivity contribution in [2.45, 2.75) is 43.8 Å². The zero-order valence-corrected chi connectivity index (χ0v) is 18.3.